The molecule has 41 heavy (non-hydrogen) atoms. The summed E-state index contributed by atoms with van der Waals surface area (Å²) in [6, 6.07) is 26.5. The average molecular weight is 635 g/mol. The molecule has 3 aliphatic heterocycles. The summed E-state index contributed by atoms with van der Waals surface area (Å²) < 4.78 is 1.06. The van der Waals surface area contributed by atoms with Crippen molar-refractivity contribution in [2.75, 3.05) is 39.3 Å². The van der Waals surface area contributed by atoms with E-state index in [4.69, 9.17) is 11.6 Å². The number of carbonyl (C=O) groups excluding carboxylic acids is 2. The van der Waals surface area contributed by atoms with Crippen LogP contribution in [0.4, 0.5) is 0 Å². The Labute approximate surface area is 256 Å². The molecular weight excluding hydrogens is 598 g/mol. The molecule has 3 fully saturated rings. The third-order valence-electron chi connectivity index (χ3n) is 9.51. The molecule has 3 heterocycles. The van der Waals surface area contributed by atoms with E-state index in [1.165, 1.54) is 11.1 Å². The number of piperidine rings is 1. The zero-order valence-electron chi connectivity index (χ0n) is 23.4. The van der Waals surface area contributed by atoms with Crippen LogP contribution in [0.25, 0.3) is 0 Å². The smallest absolute Gasteiger partial charge is 0.229 e. The molecule has 2 amide bonds. The van der Waals surface area contributed by atoms with Crippen LogP contribution < -0.4 is 0 Å². The van der Waals surface area contributed by atoms with Crippen LogP contribution in [0.3, 0.4) is 0 Å². The van der Waals surface area contributed by atoms with E-state index in [9.17, 15) is 9.59 Å². The predicted molar refractivity (Wildman–Crippen MR) is 167 cm³/mol. The van der Waals surface area contributed by atoms with Crippen LogP contribution in [0, 0.1) is 11.3 Å². The van der Waals surface area contributed by atoms with Crippen LogP contribution >= 0.6 is 27.5 Å². The van der Waals surface area contributed by atoms with E-state index >= 15 is 0 Å². The van der Waals surface area contributed by atoms with Gasteiger partial charge in [0.15, 0.2) is 0 Å². The predicted octanol–water partition coefficient (Wildman–Crippen LogP) is 6.40. The summed E-state index contributed by atoms with van der Waals surface area (Å²) in [5, 5.41) is 0.648. The highest BCUT2D eigenvalue weighted by Gasteiger charge is 2.48. The first-order chi connectivity index (χ1) is 19.9. The SMILES string of the molecule is O=C(Cc1ccccc1Cl)N1CC(c2ccccc2)[C@@H](CN2CCC3(CC2)CCN(Cc2ccc(Br)cc2)C3=O)C1. The largest absolute Gasteiger partial charge is 0.341 e. The van der Waals surface area contributed by atoms with Crippen molar-refractivity contribution < 1.29 is 9.59 Å². The molecule has 0 radical (unpaired) electrons. The Morgan fingerprint density at radius 3 is 2.29 bits per heavy atom. The van der Waals surface area contributed by atoms with Crippen molar-refractivity contribution in [2.45, 2.75) is 38.1 Å². The molecule has 0 saturated carbocycles. The summed E-state index contributed by atoms with van der Waals surface area (Å²) in [5.41, 5.74) is 3.15. The Hall–Kier alpha value is -2.67. The highest BCUT2D eigenvalue weighted by Crippen LogP contribution is 2.43. The number of rotatable bonds is 7. The number of likely N-dealkylation sites (tertiary alicyclic amines) is 3. The van der Waals surface area contributed by atoms with Gasteiger partial charge in [0.2, 0.25) is 11.8 Å². The number of halogens is 2. The van der Waals surface area contributed by atoms with Gasteiger partial charge < -0.3 is 14.7 Å². The van der Waals surface area contributed by atoms with Crippen LogP contribution in [0.5, 0.6) is 0 Å². The molecule has 3 aromatic rings. The standard InChI is InChI=1S/C34H37BrClN3O2/c35-29-12-10-25(11-13-29)21-38-19-16-34(33(38)41)14-17-37(18-15-34)22-28-23-39(24-30(28)26-6-2-1-3-7-26)32(40)20-27-8-4-5-9-31(27)36/h1-13,28,30H,14-24H2/t28-,30?/m0/s1. The monoisotopic (exact) mass is 633 g/mol. The van der Waals surface area contributed by atoms with E-state index in [1.807, 2.05) is 41.3 Å². The van der Waals surface area contributed by atoms with Crippen LogP contribution in [-0.2, 0) is 22.6 Å². The van der Waals surface area contributed by atoms with Gasteiger partial charge in [-0.3, -0.25) is 9.59 Å². The van der Waals surface area contributed by atoms with Crippen LogP contribution in [0.1, 0.15) is 41.9 Å². The molecule has 1 spiro atoms. The molecule has 7 heteroatoms. The fraction of sp³-hybridized carbons (Fsp3) is 0.412. The minimum atomic E-state index is -0.211. The van der Waals surface area contributed by atoms with E-state index in [2.05, 4.69) is 68.2 Å². The van der Waals surface area contributed by atoms with Crippen molar-refractivity contribution in [3.8, 4) is 0 Å². The summed E-state index contributed by atoms with van der Waals surface area (Å²) in [6.45, 7) is 5.84. The first-order valence-electron chi connectivity index (χ1n) is 14.7. The zero-order chi connectivity index (χ0) is 28.4. The van der Waals surface area contributed by atoms with E-state index in [-0.39, 0.29) is 11.3 Å². The highest BCUT2D eigenvalue weighted by atomic mass is 79.9. The minimum Gasteiger partial charge on any atom is -0.341 e. The molecule has 0 aromatic heterocycles. The third kappa shape index (κ3) is 6.25. The lowest BCUT2D eigenvalue weighted by molar-refractivity contribution is -0.139. The van der Waals surface area contributed by atoms with E-state index in [0.717, 1.165) is 68.6 Å². The van der Waals surface area contributed by atoms with Crippen molar-refractivity contribution in [1.82, 2.24) is 14.7 Å². The Kier molecular flexibility index (Phi) is 8.52. The van der Waals surface area contributed by atoms with Crippen molar-refractivity contribution in [1.29, 1.82) is 0 Å². The van der Waals surface area contributed by atoms with Gasteiger partial charge in [-0.15, -0.1) is 0 Å². The lowest BCUT2D eigenvalue weighted by Crippen LogP contribution is -2.46. The maximum atomic E-state index is 13.6. The number of hydrogen-bond acceptors (Lipinski definition) is 3. The molecule has 0 bridgehead atoms. The van der Waals surface area contributed by atoms with Gasteiger partial charge in [-0.05, 0) is 73.2 Å². The Balaban J connectivity index is 1.09. The van der Waals surface area contributed by atoms with Crippen molar-refractivity contribution in [3.63, 3.8) is 0 Å². The summed E-state index contributed by atoms with van der Waals surface area (Å²) in [6.07, 6.45) is 3.12. The molecular formula is C34H37BrClN3O2. The van der Waals surface area contributed by atoms with Crippen molar-refractivity contribution in [2.24, 2.45) is 11.3 Å². The second kappa shape index (κ2) is 12.3. The topological polar surface area (TPSA) is 43.9 Å². The van der Waals surface area contributed by atoms with E-state index in [0.29, 0.717) is 35.7 Å². The first-order valence-corrected chi connectivity index (χ1v) is 15.9. The number of carbonyl (C=O) groups is 2. The maximum Gasteiger partial charge on any atom is 0.229 e. The lowest BCUT2D eigenvalue weighted by Gasteiger charge is -2.39. The van der Waals surface area contributed by atoms with Gasteiger partial charge in [-0.2, -0.15) is 0 Å². The Morgan fingerprint density at radius 2 is 1.56 bits per heavy atom. The number of amides is 2. The highest BCUT2D eigenvalue weighted by molar-refractivity contribution is 9.10. The summed E-state index contributed by atoms with van der Waals surface area (Å²) in [5.74, 6) is 1.13. The van der Waals surface area contributed by atoms with Crippen LogP contribution in [-0.4, -0.2) is 65.8 Å². The van der Waals surface area contributed by atoms with Gasteiger partial charge in [-0.1, -0.05) is 88.2 Å². The summed E-state index contributed by atoms with van der Waals surface area (Å²) >= 11 is 9.87. The van der Waals surface area contributed by atoms with Gasteiger partial charge in [0.25, 0.3) is 0 Å². The van der Waals surface area contributed by atoms with E-state index in [1.54, 1.807) is 0 Å². The van der Waals surface area contributed by atoms with E-state index < -0.39 is 0 Å². The molecule has 0 N–H and O–H groups in total. The second-order valence-electron chi connectivity index (χ2n) is 12.0. The molecule has 3 saturated heterocycles. The minimum absolute atomic E-state index is 0.140. The number of benzene rings is 3. The van der Waals surface area contributed by atoms with Crippen molar-refractivity contribution >= 4 is 39.3 Å². The Morgan fingerprint density at radius 1 is 0.878 bits per heavy atom. The first kappa shape index (κ1) is 28.4. The molecule has 214 valence electrons. The summed E-state index contributed by atoms with van der Waals surface area (Å²) in [4.78, 5) is 33.6. The summed E-state index contributed by atoms with van der Waals surface area (Å²) in [7, 11) is 0. The lowest BCUT2D eigenvalue weighted by atomic mass is 9.76. The molecule has 2 atom stereocenters. The Bertz CT molecular complexity index is 1370. The molecule has 3 aromatic carbocycles. The maximum absolute atomic E-state index is 13.6. The van der Waals surface area contributed by atoms with Crippen molar-refractivity contribution in [3.05, 3.63) is 105 Å². The fourth-order valence-corrected chi connectivity index (χ4v) is 7.53. The third-order valence-corrected chi connectivity index (χ3v) is 10.4. The normalized spacial score (nSPS) is 22.5. The zero-order valence-corrected chi connectivity index (χ0v) is 25.7. The molecule has 6 rings (SSSR count). The van der Waals surface area contributed by atoms with Crippen LogP contribution in [0.2, 0.25) is 5.02 Å². The van der Waals surface area contributed by atoms with Gasteiger partial charge in [0, 0.05) is 48.1 Å². The van der Waals surface area contributed by atoms with Gasteiger partial charge in [-0.25, -0.2) is 0 Å². The van der Waals surface area contributed by atoms with Gasteiger partial charge >= 0.3 is 0 Å². The quantitative estimate of drug-likeness (QED) is 0.302. The molecule has 0 aliphatic carbocycles. The second-order valence-corrected chi connectivity index (χ2v) is 13.4. The molecule has 5 nitrogen and oxygen atoms in total. The average Bonchev–Trinajstić information content (AvgIpc) is 3.54. The van der Waals surface area contributed by atoms with Gasteiger partial charge in [0.05, 0.1) is 11.8 Å². The van der Waals surface area contributed by atoms with Crippen LogP contribution in [0.15, 0.2) is 83.3 Å². The van der Waals surface area contributed by atoms with Gasteiger partial charge in [0.1, 0.15) is 0 Å². The molecule has 1 unspecified atom stereocenters. The number of nitrogens with zero attached hydrogens (tertiary/aromatic N) is 3. The number of hydrogen-bond donors (Lipinski definition) is 0. The molecule has 3 aliphatic rings. The fourth-order valence-electron chi connectivity index (χ4n) is 7.07.